The average Bonchev–Trinajstić information content (AvgIpc) is 2.64. The van der Waals surface area contributed by atoms with Crippen molar-refractivity contribution in [1.82, 2.24) is 0 Å². The Labute approximate surface area is 176 Å². The van der Waals surface area contributed by atoms with Crippen LogP contribution in [0.3, 0.4) is 0 Å². The van der Waals surface area contributed by atoms with Gasteiger partial charge in [-0.1, -0.05) is 20.8 Å². The van der Waals surface area contributed by atoms with Gasteiger partial charge in [0.25, 0.3) is 0 Å². The predicted octanol–water partition coefficient (Wildman–Crippen LogP) is 2.61. The molecule has 0 amide bonds. The van der Waals surface area contributed by atoms with Crippen molar-refractivity contribution < 1.29 is 33.4 Å². The lowest BCUT2D eigenvalue weighted by atomic mass is 9.39. The first-order valence-corrected chi connectivity index (χ1v) is 10.7. The van der Waals surface area contributed by atoms with E-state index in [0.717, 1.165) is 5.57 Å². The Morgan fingerprint density at radius 3 is 2.43 bits per heavy atom. The van der Waals surface area contributed by atoms with Gasteiger partial charge in [-0.05, 0) is 37.2 Å². The topological polar surface area (TPSA) is 96.0 Å². The van der Waals surface area contributed by atoms with Crippen LogP contribution in [0.4, 0.5) is 0 Å². The fraction of sp³-hybridized carbons (Fsp3) is 0.739. The smallest absolute Gasteiger partial charge is 0.306 e. The van der Waals surface area contributed by atoms with Crippen LogP contribution in [0, 0.1) is 34.5 Å². The number of Topliss-reactive ketones (excluding diaryl/α,β-unsaturated/α-hetero) is 2. The van der Waals surface area contributed by atoms with Gasteiger partial charge in [-0.25, -0.2) is 0 Å². The molecule has 7 nitrogen and oxygen atoms in total. The summed E-state index contributed by atoms with van der Waals surface area (Å²) < 4.78 is 16.7. The van der Waals surface area contributed by atoms with E-state index in [0.29, 0.717) is 12.8 Å². The van der Waals surface area contributed by atoms with E-state index < -0.39 is 34.9 Å². The first-order valence-electron chi connectivity index (χ1n) is 10.7. The molecule has 3 aliphatic carbocycles. The Morgan fingerprint density at radius 1 is 1.17 bits per heavy atom. The second-order valence-corrected chi connectivity index (χ2v) is 9.91. The van der Waals surface area contributed by atoms with Gasteiger partial charge >= 0.3 is 11.9 Å². The largest absolute Gasteiger partial charge is 0.493 e. The molecule has 7 heteroatoms. The number of fused-ring (bicyclic) bond motifs is 2. The molecule has 4 rings (SSSR count). The molecular weight excluding hydrogens is 388 g/mol. The zero-order chi connectivity index (χ0) is 22.2. The fourth-order valence-corrected chi connectivity index (χ4v) is 7.30. The Morgan fingerprint density at radius 2 is 1.83 bits per heavy atom. The van der Waals surface area contributed by atoms with Gasteiger partial charge < -0.3 is 14.2 Å². The van der Waals surface area contributed by atoms with Gasteiger partial charge in [0.15, 0.2) is 17.6 Å². The first-order chi connectivity index (χ1) is 14.0. The van der Waals surface area contributed by atoms with Gasteiger partial charge in [-0.2, -0.15) is 0 Å². The molecule has 0 N–H and O–H groups in total. The Hall–Kier alpha value is -2.18. The minimum Gasteiger partial charge on any atom is -0.493 e. The summed E-state index contributed by atoms with van der Waals surface area (Å²) in [4.78, 5) is 51.6. The van der Waals surface area contributed by atoms with Crippen molar-refractivity contribution in [2.45, 2.75) is 66.1 Å². The van der Waals surface area contributed by atoms with Crippen LogP contribution in [-0.2, 0) is 33.4 Å². The SMILES string of the molecule is COC1=C(C)[C@@H]2CC(=O)OC3CC4C(C)CC(OC(C)=O)C(=O)[C@]4(C)C(C1=O)[C@@]32C. The van der Waals surface area contributed by atoms with Crippen molar-refractivity contribution in [1.29, 1.82) is 0 Å². The minimum absolute atomic E-state index is 0.0199. The maximum atomic E-state index is 13.8. The van der Waals surface area contributed by atoms with Gasteiger partial charge in [-0.3, -0.25) is 19.2 Å². The molecule has 8 atom stereocenters. The molecule has 30 heavy (non-hydrogen) atoms. The lowest BCUT2D eigenvalue weighted by Crippen LogP contribution is -2.70. The molecule has 0 aromatic rings. The summed E-state index contributed by atoms with van der Waals surface area (Å²) >= 11 is 0. The van der Waals surface area contributed by atoms with Crippen molar-refractivity contribution in [3.63, 3.8) is 0 Å². The summed E-state index contributed by atoms with van der Waals surface area (Å²) in [7, 11) is 1.45. The normalized spacial score (nSPS) is 45.3. The maximum Gasteiger partial charge on any atom is 0.306 e. The number of rotatable bonds is 2. The molecular formula is C23H30O7. The Balaban J connectivity index is 1.92. The van der Waals surface area contributed by atoms with Crippen molar-refractivity contribution in [3.05, 3.63) is 11.3 Å². The van der Waals surface area contributed by atoms with Crippen LogP contribution in [0.1, 0.15) is 53.9 Å². The minimum atomic E-state index is -1.04. The number of allylic oxidation sites excluding steroid dienone is 2. The molecule has 4 aliphatic rings. The third-order valence-corrected chi connectivity index (χ3v) is 8.52. The van der Waals surface area contributed by atoms with Crippen molar-refractivity contribution in [2.24, 2.45) is 34.5 Å². The molecule has 164 valence electrons. The molecule has 0 bridgehead atoms. The molecule has 2 saturated carbocycles. The van der Waals surface area contributed by atoms with E-state index in [4.69, 9.17) is 14.2 Å². The maximum absolute atomic E-state index is 13.8. The summed E-state index contributed by atoms with van der Waals surface area (Å²) in [6.07, 6.45) is -0.215. The standard InChI is InChI=1S/C23H30O7/c1-10-7-15(29-12(3)24)21(27)23(5)13(10)8-16-22(4)14(9-17(25)30-16)11(2)19(28-6)18(26)20(22)23/h10,13-16,20H,7-9H2,1-6H3/t10?,13?,14-,15?,16?,20?,22+,23-/m0/s1. The van der Waals surface area contributed by atoms with E-state index in [1.165, 1.54) is 14.0 Å². The molecule has 0 aromatic carbocycles. The van der Waals surface area contributed by atoms with E-state index >= 15 is 0 Å². The van der Waals surface area contributed by atoms with Crippen LogP contribution < -0.4 is 0 Å². The fourth-order valence-electron chi connectivity index (χ4n) is 7.30. The molecule has 1 heterocycles. The average molecular weight is 418 g/mol. The monoisotopic (exact) mass is 418 g/mol. The number of ketones is 2. The van der Waals surface area contributed by atoms with E-state index in [1.54, 1.807) is 0 Å². The zero-order valence-corrected chi connectivity index (χ0v) is 18.4. The Bertz CT molecular complexity index is 873. The van der Waals surface area contributed by atoms with Gasteiger partial charge in [0.05, 0.1) is 13.5 Å². The molecule has 0 radical (unpaired) electrons. The third kappa shape index (κ3) is 2.50. The van der Waals surface area contributed by atoms with Crippen molar-refractivity contribution >= 4 is 23.5 Å². The summed E-state index contributed by atoms with van der Waals surface area (Å²) in [5, 5.41) is 0. The predicted molar refractivity (Wildman–Crippen MR) is 105 cm³/mol. The third-order valence-electron chi connectivity index (χ3n) is 8.52. The zero-order valence-electron chi connectivity index (χ0n) is 18.4. The molecule has 3 fully saturated rings. The second-order valence-electron chi connectivity index (χ2n) is 9.91. The number of methoxy groups -OCH3 is 1. The molecule has 0 spiro atoms. The highest BCUT2D eigenvalue weighted by Crippen LogP contribution is 2.67. The molecule has 1 aliphatic heterocycles. The number of carbonyl (C=O) groups excluding carboxylic acids is 4. The molecule has 0 aromatic heterocycles. The van der Waals surface area contributed by atoms with Crippen LogP contribution in [-0.4, -0.2) is 42.8 Å². The Kier molecular flexibility index (Phi) is 4.68. The first kappa shape index (κ1) is 21.1. The summed E-state index contributed by atoms with van der Waals surface area (Å²) in [5.74, 6) is -2.05. The van der Waals surface area contributed by atoms with E-state index in [9.17, 15) is 19.2 Å². The van der Waals surface area contributed by atoms with Crippen LogP contribution in [0.15, 0.2) is 11.3 Å². The lowest BCUT2D eigenvalue weighted by Gasteiger charge is -2.65. The summed E-state index contributed by atoms with van der Waals surface area (Å²) in [6.45, 7) is 8.96. The van der Waals surface area contributed by atoms with Gasteiger partial charge in [0.2, 0.25) is 5.78 Å². The van der Waals surface area contributed by atoms with Gasteiger partial charge in [0.1, 0.15) is 6.10 Å². The lowest BCUT2D eigenvalue weighted by molar-refractivity contribution is -0.225. The number of esters is 2. The molecule has 5 unspecified atom stereocenters. The van der Waals surface area contributed by atoms with Crippen LogP contribution in [0.2, 0.25) is 0 Å². The van der Waals surface area contributed by atoms with E-state index in [-0.39, 0.29) is 47.5 Å². The van der Waals surface area contributed by atoms with Crippen molar-refractivity contribution in [2.75, 3.05) is 7.11 Å². The molecule has 1 saturated heterocycles. The highest BCUT2D eigenvalue weighted by molar-refractivity contribution is 6.04. The summed E-state index contributed by atoms with van der Waals surface area (Å²) in [5.41, 5.74) is -1.000. The number of ether oxygens (including phenoxy) is 3. The van der Waals surface area contributed by atoms with E-state index in [1.807, 2.05) is 27.7 Å². The number of carbonyl (C=O) groups is 4. The second kappa shape index (κ2) is 6.66. The van der Waals surface area contributed by atoms with E-state index in [2.05, 4.69) is 0 Å². The highest BCUT2D eigenvalue weighted by Gasteiger charge is 2.72. The highest BCUT2D eigenvalue weighted by atomic mass is 16.6. The number of hydrogen-bond acceptors (Lipinski definition) is 7. The van der Waals surface area contributed by atoms with Crippen LogP contribution in [0.25, 0.3) is 0 Å². The quantitative estimate of drug-likeness (QED) is 0.636. The number of hydrogen-bond donors (Lipinski definition) is 0. The van der Waals surface area contributed by atoms with Gasteiger partial charge in [-0.15, -0.1) is 0 Å². The van der Waals surface area contributed by atoms with Crippen LogP contribution in [0.5, 0.6) is 0 Å². The van der Waals surface area contributed by atoms with Crippen molar-refractivity contribution in [3.8, 4) is 0 Å². The summed E-state index contributed by atoms with van der Waals surface area (Å²) in [6, 6.07) is 0. The van der Waals surface area contributed by atoms with Gasteiger partial charge in [0, 0.05) is 29.6 Å². The van der Waals surface area contributed by atoms with Crippen LogP contribution >= 0.6 is 0 Å².